The standard InChI is InChI=1S/C15H15ClN2O/c1-10(2)11-6-7-15(19)14(8-11)18-17-13-5-3-4-12(16)9-13/h3-10,19H,1-2H3. The van der Waals surface area contributed by atoms with E-state index in [1.54, 1.807) is 30.3 Å². The number of phenolic OH excluding ortho intramolecular Hbond substituents is 1. The van der Waals surface area contributed by atoms with Crippen molar-refractivity contribution < 1.29 is 5.11 Å². The van der Waals surface area contributed by atoms with Crippen molar-refractivity contribution in [3.63, 3.8) is 0 Å². The SMILES string of the molecule is CC(C)c1ccc(O)c(N=Nc2cccc(Cl)c2)c1. The minimum absolute atomic E-state index is 0.121. The average molecular weight is 275 g/mol. The maximum Gasteiger partial charge on any atom is 0.143 e. The highest BCUT2D eigenvalue weighted by Crippen LogP contribution is 2.31. The van der Waals surface area contributed by atoms with E-state index in [0.717, 1.165) is 5.56 Å². The molecule has 0 atom stereocenters. The zero-order valence-electron chi connectivity index (χ0n) is 10.8. The molecule has 1 N–H and O–H groups in total. The van der Waals surface area contributed by atoms with Crippen LogP contribution in [0.4, 0.5) is 11.4 Å². The highest BCUT2D eigenvalue weighted by Gasteiger charge is 2.04. The molecule has 2 rings (SSSR count). The van der Waals surface area contributed by atoms with Crippen LogP contribution >= 0.6 is 11.6 Å². The molecule has 0 fully saturated rings. The van der Waals surface area contributed by atoms with Crippen LogP contribution in [0.5, 0.6) is 5.75 Å². The summed E-state index contributed by atoms with van der Waals surface area (Å²) < 4.78 is 0. The molecular weight excluding hydrogens is 260 g/mol. The molecule has 0 bridgehead atoms. The third-order valence-corrected chi connectivity index (χ3v) is 2.98. The van der Waals surface area contributed by atoms with Crippen molar-refractivity contribution in [2.75, 3.05) is 0 Å². The number of phenols is 1. The van der Waals surface area contributed by atoms with Crippen molar-refractivity contribution >= 4 is 23.0 Å². The molecule has 0 aliphatic rings. The fourth-order valence-corrected chi connectivity index (χ4v) is 1.81. The van der Waals surface area contributed by atoms with Gasteiger partial charge in [-0.05, 0) is 41.8 Å². The lowest BCUT2D eigenvalue weighted by molar-refractivity contribution is 0.476. The number of aromatic hydroxyl groups is 1. The second-order valence-corrected chi connectivity index (χ2v) is 5.02. The number of hydrogen-bond donors (Lipinski definition) is 1. The van der Waals surface area contributed by atoms with Crippen LogP contribution in [-0.2, 0) is 0 Å². The lowest BCUT2D eigenvalue weighted by atomic mass is 10.0. The first-order chi connectivity index (χ1) is 9.06. The third kappa shape index (κ3) is 3.55. The van der Waals surface area contributed by atoms with Crippen LogP contribution < -0.4 is 0 Å². The number of azo groups is 1. The molecule has 0 aliphatic heterocycles. The Morgan fingerprint density at radius 2 is 1.84 bits per heavy atom. The van der Waals surface area contributed by atoms with E-state index in [1.807, 2.05) is 12.1 Å². The molecule has 0 heterocycles. The molecule has 2 aromatic carbocycles. The Labute approximate surface area is 117 Å². The van der Waals surface area contributed by atoms with E-state index in [9.17, 15) is 5.11 Å². The van der Waals surface area contributed by atoms with E-state index < -0.39 is 0 Å². The second-order valence-electron chi connectivity index (χ2n) is 4.58. The molecule has 0 radical (unpaired) electrons. The van der Waals surface area contributed by atoms with Gasteiger partial charge in [-0.2, -0.15) is 5.11 Å². The largest absolute Gasteiger partial charge is 0.506 e. The van der Waals surface area contributed by atoms with Gasteiger partial charge in [0.25, 0.3) is 0 Å². The van der Waals surface area contributed by atoms with Gasteiger partial charge in [0.1, 0.15) is 11.4 Å². The summed E-state index contributed by atoms with van der Waals surface area (Å²) in [5.74, 6) is 0.496. The number of nitrogens with zero attached hydrogens (tertiary/aromatic N) is 2. The minimum Gasteiger partial charge on any atom is -0.506 e. The van der Waals surface area contributed by atoms with E-state index in [1.165, 1.54) is 0 Å². The fourth-order valence-electron chi connectivity index (χ4n) is 1.63. The molecule has 0 spiro atoms. The molecule has 0 unspecified atom stereocenters. The summed E-state index contributed by atoms with van der Waals surface area (Å²) in [5, 5.41) is 18.5. The van der Waals surface area contributed by atoms with E-state index in [0.29, 0.717) is 22.3 Å². The lowest BCUT2D eigenvalue weighted by Gasteiger charge is -2.06. The Hall–Kier alpha value is -1.87. The van der Waals surface area contributed by atoms with Gasteiger partial charge >= 0.3 is 0 Å². The molecule has 3 nitrogen and oxygen atoms in total. The predicted octanol–water partition coefficient (Wildman–Crippen LogP) is 5.58. The highest BCUT2D eigenvalue weighted by molar-refractivity contribution is 6.30. The van der Waals surface area contributed by atoms with Gasteiger partial charge in [0.05, 0.1) is 5.69 Å². The van der Waals surface area contributed by atoms with Crippen molar-refractivity contribution in [1.29, 1.82) is 0 Å². The summed E-state index contributed by atoms with van der Waals surface area (Å²) in [6.45, 7) is 4.18. The van der Waals surface area contributed by atoms with Crippen molar-refractivity contribution in [1.82, 2.24) is 0 Å². The Morgan fingerprint density at radius 1 is 1.05 bits per heavy atom. The topological polar surface area (TPSA) is 45.0 Å². The second kappa shape index (κ2) is 5.85. The van der Waals surface area contributed by atoms with Gasteiger partial charge in [-0.3, -0.25) is 0 Å². The maximum absolute atomic E-state index is 9.77. The molecule has 98 valence electrons. The first-order valence-corrected chi connectivity index (χ1v) is 6.44. The van der Waals surface area contributed by atoms with Gasteiger partial charge in [-0.1, -0.05) is 37.6 Å². The van der Waals surface area contributed by atoms with Crippen LogP contribution in [0.2, 0.25) is 5.02 Å². The van der Waals surface area contributed by atoms with Crippen LogP contribution in [-0.4, -0.2) is 5.11 Å². The summed E-state index contributed by atoms with van der Waals surface area (Å²) in [5.41, 5.74) is 2.23. The van der Waals surface area contributed by atoms with Crippen molar-refractivity contribution in [3.05, 3.63) is 53.1 Å². The fraction of sp³-hybridized carbons (Fsp3) is 0.200. The zero-order chi connectivity index (χ0) is 13.8. The third-order valence-electron chi connectivity index (χ3n) is 2.75. The lowest BCUT2D eigenvalue weighted by Crippen LogP contribution is -1.85. The van der Waals surface area contributed by atoms with Gasteiger partial charge < -0.3 is 5.11 Å². The van der Waals surface area contributed by atoms with Crippen LogP contribution in [0.1, 0.15) is 25.3 Å². The molecular formula is C15H15ClN2O. The summed E-state index contributed by atoms with van der Waals surface area (Å²) in [6.07, 6.45) is 0. The number of rotatable bonds is 3. The number of halogens is 1. The molecule has 0 amide bonds. The number of hydrogen-bond acceptors (Lipinski definition) is 3. The first kappa shape index (κ1) is 13.6. The van der Waals surface area contributed by atoms with Gasteiger partial charge in [-0.25, -0.2) is 0 Å². The highest BCUT2D eigenvalue weighted by atomic mass is 35.5. The van der Waals surface area contributed by atoms with Gasteiger partial charge in [0, 0.05) is 5.02 Å². The zero-order valence-corrected chi connectivity index (χ0v) is 11.6. The molecule has 4 heteroatoms. The van der Waals surface area contributed by atoms with Gasteiger partial charge in [0.15, 0.2) is 0 Å². The average Bonchev–Trinajstić information content (AvgIpc) is 2.37. The Morgan fingerprint density at radius 3 is 2.53 bits per heavy atom. The Bertz CT molecular complexity index is 609. The smallest absolute Gasteiger partial charge is 0.143 e. The minimum atomic E-state index is 0.121. The normalized spacial score (nSPS) is 11.4. The molecule has 0 aliphatic carbocycles. The molecule has 0 aromatic heterocycles. The van der Waals surface area contributed by atoms with E-state index in [2.05, 4.69) is 24.1 Å². The van der Waals surface area contributed by atoms with E-state index in [4.69, 9.17) is 11.6 Å². The van der Waals surface area contributed by atoms with Crippen molar-refractivity contribution in [2.24, 2.45) is 10.2 Å². The Kier molecular flexibility index (Phi) is 4.17. The quantitative estimate of drug-likeness (QED) is 0.729. The molecule has 0 saturated heterocycles. The summed E-state index contributed by atoms with van der Waals surface area (Å²) in [4.78, 5) is 0. The van der Waals surface area contributed by atoms with Crippen LogP contribution in [0.3, 0.4) is 0 Å². The predicted molar refractivity (Wildman–Crippen MR) is 77.8 cm³/mol. The molecule has 2 aromatic rings. The molecule has 19 heavy (non-hydrogen) atoms. The maximum atomic E-state index is 9.77. The Balaban J connectivity index is 2.30. The summed E-state index contributed by atoms with van der Waals surface area (Å²) >= 11 is 5.87. The van der Waals surface area contributed by atoms with Gasteiger partial charge in [0.2, 0.25) is 0 Å². The summed E-state index contributed by atoms with van der Waals surface area (Å²) in [6, 6.07) is 12.5. The van der Waals surface area contributed by atoms with E-state index >= 15 is 0 Å². The van der Waals surface area contributed by atoms with Crippen molar-refractivity contribution in [2.45, 2.75) is 19.8 Å². The van der Waals surface area contributed by atoms with Crippen LogP contribution in [0.25, 0.3) is 0 Å². The van der Waals surface area contributed by atoms with E-state index in [-0.39, 0.29) is 5.75 Å². The monoisotopic (exact) mass is 274 g/mol. The van der Waals surface area contributed by atoms with Gasteiger partial charge in [-0.15, -0.1) is 5.11 Å². The first-order valence-electron chi connectivity index (χ1n) is 6.06. The number of benzene rings is 2. The van der Waals surface area contributed by atoms with Crippen LogP contribution in [0.15, 0.2) is 52.7 Å². The van der Waals surface area contributed by atoms with Crippen LogP contribution in [0, 0.1) is 0 Å². The van der Waals surface area contributed by atoms with Crippen molar-refractivity contribution in [3.8, 4) is 5.75 Å². The summed E-state index contributed by atoms with van der Waals surface area (Å²) in [7, 11) is 0. The molecule has 0 saturated carbocycles.